The summed E-state index contributed by atoms with van der Waals surface area (Å²) in [4.78, 5) is 13.2. The Hall–Kier alpha value is -1.14. The molecule has 0 atom stereocenters. The molecule has 0 aromatic rings. The van der Waals surface area contributed by atoms with Crippen molar-refractivity contribution in [3.63, 3.8) is 0 Å². The fourth-order valence-corrected chi connectivity index (χ4v) is 0.207. The molecule has 0 fully saturated rings. The van der Waals surface area contributed by atoms with Crippen LogP contribution < -0.4 is 16.8 Å². The summed E-state index contributed by atoms with van der Waals surface area (Å²) in [7, 11) is 0. The number of carboxylic acids is 1. The number of carbonyl (C=O) groups is 1. The summed E-state index contributed by atoms with van der Waals surface area (Å²) in [5, 5.41) is 8.02. The Bertz CT molecular complexity index is 112. The van der Waals surface area contributed by atoms with Gasteiger partial charge >= 0.3 is 5.97 Å². The molecule has 0 aliphatic rings. The number of rotatable bonds is 4. The van der Waals surface area contributed by atoms with E-state index in [0.717, 1.165) is 6.34 Å². The normalized spacial score (nSPS) is 9.89. The molecular weight excluding hydrogens is 124 g/mol. The summed E-state index contributed by atoms with van der Waals surface area (Å²) in [6, 6.07) is 0. The lowest BCUT2D eigenvalue weighted by Gasteiger charge is -1.90. The highest BCUT2D eigenvalue weighted by atomic mass is 16.4. The van der Waals surface area contributed by atoms with Crippen LogP contribution in [0.2, 0.25) is 0 Å². The van der Waals surface area contributed by atoms with Crippen LogP contribution in [0.15, 0.2) is 4.99 Å². The molecule has 0 bridgehead atoms. The molecule has 0 heterocycles. The summed E-state index contributed by atoms with van der Waals surface area (Å²) in [6.45, 7) is -0.255. The van der Waals surface area contributed by atoms with Crippen molar-refractivity contribution in [1.82, 2.24) is 11.0 Å². The van der Waals surface area contributed by atoms with Crippen LogP contribution in [-0.4, -0.2) is 24.0 Å². The van der Waals surface area contributed by atoms with Crippen molar-refractivity contribution < 1.29 is 9.90 Å². The van der Waals surface area contributed by atoms with Crippen LogP contribution in [0, 0.1) is 0 Å². The summed E-state index contributed by atoms with van der Waals surface area (Å²) in [5.41, 5.74) is 4.33. The highest BCUT2D eigenvalue weighted by Gasteiger charge is 1.87. The molecule has 5 N–H and O–H groups in total. The van der Waals surface area contributed by atoms with Gasteiger partial charge < -0.3 is 5.11 Å². The monoisotopic (exact) mass is 132 g/mol. The number of hydrogen-bond donors (Lipinski definition) is 4. The molecule has 0 spiro atoms. The van der Waals surface area contributed by atoms with Crippen molar-refractivity contribution >= 4 is 12.3 Å². The summed E-state index contributed by atoms with van der Waals surface area (Å²) in [5.74, 6) is 3.76. The fourth-order valence-electron chi connectivity index (χ4n) is 0.207. The van der Waals surface area contributed by atoms with E-state index in [1.54, 1.807) is 0 Å². The van der Waals surface area contributed by atoms with Crippen LogP contribution in [0.25, 0.3) is 0 Å². The maximum atomic E-state index is 9.77. The van der Waals surface area contributed by atoms with E-state index in [4.69, 9.17) is 10.9 Å². The number of nitrogens with one attached hydrogen (secondary N) is 2. The van der Waals surface area contributed by atoms with Gasteiger partial charge in [0, 0.05) is 0 Å². The minimum absolute atomic E-state index is 0.255. The zero-order valence-electron chi connectivity index (χ0n) is 4.66. The zero-order chi connectivity index (χ0) is 7.11. The second-order valence-corrected chi connectivity index (χ2v) is 1.15. The topological polar surface area (TPSA) is 99.7 Å². The van der Waals surface area contributed by atoms with E-state index in [1.165, 1.54) is 0 Å². The van der Waals surface area contributed by atoms with E-state index in [9.17, 15) is 4.79 Å². The van der Waals surface area contributed by atoms with Crippen LogP contribution in [0.3, 0.4) is 0 Å². The predicted octanol–water partition coefficient (Wildman–Crippen LogP) is -1.93. The van der Waals surface area contributed by atoms with Crippen molar-refractivity contribution in [1.29, 1.82) is 0 Å². The molecule has 0 aromatic heterocycles. The Morgan fingerprint density at radius 1 is 1.89 bits per heavy atom. The third kappa shape index (κ3) is 6.86. The molecule has 0 aliphatic heterocycles. The van der Waals surface area contributed by atoms with E-state index in [2.05, 4.69) is 10.4 Å². The van der Waals surface area contributed by atoms with Gasteiger partial charge in [-0.15, -0.1) is 0 Å². The van der Waals surface area contributed by atoms with Gasteiger partial charge in [-0.1, -0.05) is 0 Å². The molecule has 0 unspecified atom stereocenters. The molecule has 0 aromatic carbocycles. The number of aliphatic imine (C=N–C) groups is 1. The van der Waals surface area contributed by atoms with Crippen molar-refractivity contribution in [2.75, 3.05) is 6.54 Å². The Morgan fingerprint density at radius 3 is 3.00 bits per heavy atom. The molecule has 0 rings (SSSR count). The van der Waals surface area contributed by atoms with Crippen molar-refractivity contribution in [2.24, 2.45) is 10.8 Å². The lowest BCUT2D eigenvalue weighted by Crippen LogP contribution is -2.36. The van der Waals surface area contributed by atoms with Crippen molar-refractivity contribution in [3.8, 4) is 0 Å². The first kappa shape index (κ1) is 7.86. The van der Waals surface area contributed by atoms with E-state index >= 15 is 0 Å². The van der Waals surface area contributed by atoms with Crippen LogP contribution >= 0.6 is 0 Å². The molecule has 52 valence electrons. The SMILES string of the molecule is NNNC=NCC(=O)O. The predicted molar refractivity (Wildman–Crippen MR) is 31.5 cm³/mol. The first-order chi connectivity index (χ1) is 4.27. The Labute approximate surface area is 51.7 Å². The Morgan fingerprint density at radius 2 is 2.56 bits per heavy atom. The first-order valence-electron chi connectivity index (χ1n) is 2.18. The second-order valence-electron chi connectivity index (χ2n) is 1.15. The van der Waals surface area contributed by atoms with Crippen molar-refractivity contribution in [2.45, 2.75) is 0 Å². The first-order valence-corrected chi connectivity index (χ1v) is 2.18. The van der Waals surface area contributed by atoms with Gasteiger partial charge in [0.1, 0.15) is 6.54 Å². The van der Waals surface area contributed by atoms with Crippen LogP contribution in [0.4, 0.5) is 0 Å². The van der Waals surface area contributed by atoms with Gasteiger partial charge in [0.05, 0.1) is 6.34 Å². The quantitative estimate of drug-likeness (QED) is 0.154. The largest absolute Gasteiger partial charge is 0.480 e. The molecule has 0 saturated heterocycles. The second kappa shape index (κ2) is 5.01. The Kier molecular flexibility index (Phi) is 4.37. The molecule has 0 amide bonds. The molecular formula is C3H8N4O2. The fraction of sp³-hybridized carbons (Fsp3) is 0.333. The maximum Gasteiger partial charge on any atom is 0.325 e. The van der Waals surface area contributed by atoms with Crippen LogP contribution in [0.5, 0.6) is 0 Å². The molecule has 9 heavy (non-hydrogen) atoms. The molecule has 6 nitrogen and oxygen atoms in total. The minimum atomic E-state index is -0.981. The number of aliphatic carboxylic acids is 1. The van der Waals surface area contributed by atoms with E-state index in [-0.39, 0.29) is 6.54 Å². The third-order valence-electron chi connectivity index (χ3n) is 0.466. The van der Waals surface area contributed by atoms with Gasteiger partial charge in [0.2, 0.25) is 0 Å². The number of hydrogen-bond acceptors (Lipinski definition) is 4. The maximum absolute atomic E-state index is 9.77. The zero-order valence-corrected chi connectivity index (χ0v) is 4.66. The van der Waals surface area contributed by atoms with Gasteiger partial charge in [-0.3, -0.25) is 21.1 Å². The number of hydrazine groups is 2. The average molecular weight is 132 g/mol. The molecule has 6 heteroatoms. The van der Waals surface area contributed by atoms with Crippen molar-refractivity contribution in [3.05, 3.63) is 0 Å². The van der Waals surface area contributed by atoms with Gasteiger partial charge in [-0.2, -0.15) is 5.53 Å². The Balaban J connectivity index is 3.14. The molecule has 0 aliphatic carbocycles. The number of carboxylic acid groups (broad SMARTS) is 1. The summed E-state index contributed by atoms with van der Waals surface area (Å²) < 4.78 is 0. The summed E-state index contributed by atoms with van der Waals surface area (Å²) >= 11 is 0. The standard InChI is InChI=1S/C3H8N4O2/c4-7-6-2-5-1-3(8)9/h2,7H,1,4H2,(H,5,6)(H,8,9). The van der Waals surface area contributed by atoms with Gasteiger partial charge in [-0.25, -0.2) is 0 Å². The van der Waals surface area contributed by atoms with Gasteiger partial charge in [0.15, 0.2) is 0 Å². The number of nitrogens with zero attached hydrogens (tertiary/aromatic N) is 1. The minimum Gasteiger partial charge on any atom is -0.480 e. The van der Waals surface area contributed by atoms with Gasteiger partial charge in [0.25, 0.3) is 0 Å². The lowest BCUT2D eigenvalue weighted by atomic mass is 10.7. The number of nitrogens with two attached hydrogens (primary N) is 1. The smallest absolute Gasteiger partial charge is 0.325 e. The van der Waals surface area contributed by atoms with Gasteiger partial charge in [-0.05, 0) is 0 Å². The van der Waals surface area contributed by atoms with Crippen LogP contribution in [0.1, 0.15) is 0 Å². The lowest BCUT2D eigenvalue weighted by molar-refractivity contribution is -0.135. The van der Waals surface area contributed by atoms with E-state index < -0.39 is 5.97 Å². The summed E-state index contributed by atoms with van der Waals surface area (Å²) in [6.07, 6.45) is 1.16. The molecule has 0 saturated carbocycles. The average Bonchev–Trinajstić information content (AvgIpc) is 1.80. The van der Waals surface area contributed by atoms with E-state index in [0.29, 0.717) is 0 Å². The highest BCUT2D eigenvalue weighted by Crippen LogP contribution is 1.63. The van der Waals surface area contributed by atoms with E-state index in [1.807, 2.05) is 5.53 Å². The van der Waals surface area contributed by atoms with Crippen LogP contribution in [-0.2, 0) is 4.79 Å². The molecule has 0 radical (unpaired) electrons. The third-order valence-corrected chi connectivity index (χ3v) is 0.466. The highest BCUT2D eigenvalue weighted by molar-refractivity contribution is 5.71.